The molecule has 0 aliphatic heterocycles. The lowest BCUT2D eigenvalue weighted by atomic mass is 10.1. The Morgan fingerprint density at radius 2 is 1.87 bits per heavy atom. The summed E-state index contributed by atoms with van der Waals surface area (Å²) in [4.78, 5) is 41.7. The molecule has 0 atom stereocenters. The topological polar surface area (TPSA) is 163 Å². The largest absolute Gasteiger partial charge is 0.475 e. The van der Waals surface area contributed by atoms with Crippen LogP contribution in [0.4, 0.5) is 16.3 Å². The van der Waals surface area contributed by atoms with Crippen LogP contribution in [0.5, 0.6) is 0 Å². The van der Waals surface area contributed by atoms with Crippen LogP contribution >= 0.6 is 0 Å². The van der Waals surface area contributed by atoms with Crippen molar-refractivity contribution >= 4 is 29.4 Å². The van der Waals surface area contributed by atoms with Crippen LogP contribution in [0.2, 0.25) is 0 Å². The van der Waals surface area contributed by atoms with Crippen molar-refractivity contribution in [2.45, 2.75) is 26.2 Å². The number of carbonyl (C=O) groups excluding carboxylic acids is 2. The standard InChI is InChI=1S/C20H21N5O5/c1-2-3-4-11-5-7-12(8-6-11)22-20(29)25-18-15(16(21)26)23-17(24-18)13-9-10-14(30-13)19(27)28/h5-10H,2-4H2,1H3,(H2,21,26)(H,23,24)(H,27,28)(H2,22,25,29). The fraction of sp³-hybridized carbons (Fsp3) is 0.200. The summed E-state index contributed by atoms with van der Waals surface area (Å²) in [6, 6.07) is 9.43. The first-order valence-corrected chi connectivity index (χ1v) is 9.27. The average Bonchev–Trinajstić information content (AvgIpc) is 3.34. The molecule has 0 fully saturated rings. The van der Waals surface area contributed by atoms with Gasteiger partial charge in [-0.3, -0.25) is 10.1 Å². The summed E-state index contributed by atoms with van der Waals surface area (Å²) in [5.41, 5.74) is 6.93. The predicted molar refractivity (Wildman–Crippen MR) is 109 cm³/mol. The van der Waals surface area contributed by atoms with E-state index in [1.807, 2.05) is 12.1 Å². The summed E-state index contributed by atoms with van der Waals surface area (Å²) >= 11 is 0. The van der Waals surface area contributed by atoms with Crippen LogP contribution in [0.25, 0.3) is 11.6 Å². The number of nitrogens with zero attached hydrogens (tertiary/aromatic N) is 1. The third kappa shape index (κ3) is 4.85. The average molecular weight is 411 g/mol. The van der Waals surface area contributed by atoms with Gasteiger partial charge in [-0.15, -0.1) is 0 Å². The molecular formula is C20H21N5O5. The minimum atomic E-state index is -1.25. The van der Waals surface area contributed by atoms with Gasteiger partial charge in [-0.2, -0.15) is 0 Å². The molecule has 3 amide bonds. The summed E-state index contributed by atoms with van der Waals surface area (Å²) in [6.45, 7) is 2.12. The Kier molecular flexibility index (Phi) is 6.16. The highest BCUT2D eigenvalue weighted by Gasteiger charge is 2.20. The lowest BCUT2D eigenvalue weighted by Gasteiger charge is -2.07. The van der Waals surface area contributed by atoms with Gasteiger partial charge in [0.25, 0.3) is 5.91 Å². The second kappa shape index (κ2) is 8.95. The van der Waals surface area contributed by atoms with Gasteiger partial charge >= 0.3 is 12.0 Å². The Balaban J connectivity index is 1.73. The number of aromatic amines is 1. The van der Waals surface area contributed by atoms with E-state index in [1.54, 1.807) is 12.1 Å². The van der Waals surface area contributed by atoms with Crippen molar-refractivity contribution in [1.82, 2.24) is 9.97 Å². The monoisotopic (exact) mass is 411 g/mol. The van der Waals surface area contributed by atoms with Crippen molar-refractivity contribution in [3.8, 4) is 11.6 Å². The number of aryl methyl sites for hydroxylation is 1. The van der Waals surface area contributed by atoms with E-state index in [0.717, 1.165) is 19.3 Å². The number of nitrogens with two attached hydrogens (primary N) is 1. The number of aromatic nitrogens is 2. The number of aromatic carboxylic acids is 1. The Bertz CT molecular complexity index is 1070. The van der Waals surface area contributed by atoms with Gasteiger partial charge in [0.15, 0.2) is 17.4 Å². The number of rotatable bonds is 8. The summed E-state index contributed by atoms with van der Waals surface area (Å²) in [6.07, 6.45) is 3.16. The molecule has 3 aromatic rings. The van der Waals surface area contributed by atoms with Gasteiger partial charge in [0.05, 0.1) is 0 Å². The molecule has 0 spiro atoms. The number of furan rings is 1. The predicted octanol–water partition coefficient (Wildman–Crippen LogP) is 3.45. The number of nitrogens with one attached hydrogen (secondary N) is 3. The fourth-order valence-electron chi connectivity index (χ4n) is 2.74. The number of anilines is 2. The first-order chi connectivity index (χ1) is 14.4. The molecule has 0 saturated carbocycles. The van der Waals surface area contributed by atoms with E-state index >= 15 is 0 Å². The zero-order chi connectivity index (χ0) is 21.7. The number of carboxylic acid groups (broad SMARTS) is 1. The molecule has 156 valence electrons. The number of benzene rings is 1. The van der Waals surface area contributed by atoms with Crippen molar-refractivity contribution in [2.24, 2.45) is 5.73 Å². The molecule has 10 nitrogen and oxygen atoms in total. The molecule has 0 bridgehead atoms. The number of imidazole rings is 1. The Morgan fingerprint density at radius 3 is 2.47 bits per heavy atom. The van der Waals surface area contributed by atoms with Crippen molar-refractivity contribution in [3.05, 3.63) is 53.4 Å². The molecule has 0 aliphatic rings. The van der Waals surface area contributed by atoms with E-state index in [1.165, 1.54) is 17.7 Å². The lowest BCUT2D eigenvalue weighted by molar-refractivity contribution is 0.0663. The maximum absolute atomic E-state index is 12.3. The summed E-state index contributed by atoms with van der Waals surface area (Å²) < 4.78 is 5.15. The molecule has 3 rings (SSSR count). The van der Waals surface area contributed by atoms with Gasteiger partial charge in [0.2, 0.25) is 5.76 Å². The molecule has 0 unspecified atom stereocenters. The number of hydrogen-bond donors (Lipinski definition) is 5. The zero-order valence-corrected chi connectivity index (χ0v) is 16.2. The molecule has 10 heteroatoms. The number of primary amides is 1. The molecular weight excluding hydrogens is 390 g/mol. The van der Waals surface area contributed by atoms with E-state index in [2.05, 4.69) is 27.5 Å². The highest BCUT2D eigenvalue weighted by atomic mass is 16.4. The zero-order valence-electron chi connectivity index (χ0n) is 16.2. The van der Waals surface area contributed by atoms with Gasteiger partial charge < -0.3 is 25.6 Å². The molecule has 30 heavy (non-hydrogen) atoms. The Labute approximate surface area is 171 Å². The molecule has 0 saturated heterocycles. The minimum Gasteiger partial charge on any atom is -0.475 e. The normalized spacial score (nSPS) is 10.6. The highest BCUT2D eigenvalue weighted by Crippen LogP contribution is 2.24. The van der Waals surface area contributed by atoms with Gasteiger partial charge in [0, 0.05) is 5.69 Å². The van der Waals surface area contributed by atoms with Crippen LogP contribution in [0.3, 0.4) is 0 Å². The van der Waals surface area contributed by atoms with Crippen molar-refractivity contribution in [1.29, 1.82) is 0 Å². The van der Waals surface area contributed by atoms with E-state index in [4.69, 9.17) is 15.3 Å². The van der Waals surface area contributed by atoms with Crippen LogP contribution in [0.1, 0.15) is 46.4 Å². The van der Waals surface area contributed by atoms with E-state index in [9.17, 15) is 14.4 Å². The number of urea groups is 1. The third-order valence-corrected chi connectivity index (χ3v) is 4.26. The van der Waals surface area contributed by atoms with Crippen LogP contribution in [0.15, 0.2) is 40.8 Å². The first-order valence-electron chi connectivity index (χ1n) is 9.27. The van der Waals surface area contributed by atoms with Crippen molar-refractivity contribution < 1.29 is 23.9 Å². The van der Waals surface area contributed by atoms with Crippen molar-refractivity contribution in [2.75, 3.05) is 10.6 Å². The molecule has 6 N–H and O–H groups in total. The molecule has 1 aromatic carbocycles. The second-order valence-corrected chi connectivity index (χ2v) is 6.52. The molecule has 0 radical (unpaired) electrons. The Morgan fingerprint density at radius 1 is 1.13 bits per heavy atom. The van der Waals surface area contributed by atoms with E-state index < -0.39 is 17.9 Å². The van der Waals surface area contributed by atoms with E-state index in [0.29, 0.717) is 5.69 Å². The number of unbranched alkanes of at least 4 members (excludes halogenated alkanes) is 1. The number of hydrogen-bond acceptors (Lipinski definition) is 5. The quantitative estimate of drug-likeness (QED) is 0.381. The van der Waals surface area contributed by atoms with Gasteiger partial charge in [-0.25, -0.2) is 14.6 Å². The first kappa shape index (κ1) is 20.6. The maximum Gasteiger partial charge on any atom is 0.371 e. The smallest absolute Gasteiger partial charge is 0.371 e. The van der Waals surface area contributed by atoms with Crippen LogP contribution in [-0.2, 0) is 6.42 Å². The van der Waals surface area contributed by atoms with Crippen LogP contribution in [0, 0.1) is 0 Å². The van der Waals surface area contributed by atoms with E-state index in [-0.39, 0.29) is 28.9 Å². The minimum absolute atomic E-state index is 0.0480. The van der Waals surface area contributed by atoms with Crippen LogP contribution in [-0.4, -0.2) is 33.0 Å². The molecule has 0 aliphatic carbocycles. The van der Waals surface area contributed by atoms with Gasteiger partial charge in [-0.1, -0.05) is 25.5 Å². The van der Waals surface area contributed by atoms with Gasteiger partial charge in [0.1, 0.15) is 5.69 Å². The number of H-pyrrole nitrogens is 1. The molecule has 2 aromatic heterocycles. The lowest BCUT2D eigenvalue weighted by Crippen LogP contribution is -2.22. The Hall–Kier alpha value is -4.08. The summed E-state index contributed by atoms with van der Waals surface area (Å²) in [5.74, 6) is -2.38. The maximum atomic E-state index is 12.3. The number of amides is 3. The van der Waals surface area contributed by atoms with Crippen molar-refractivity contribution in [3.63, 3.8) is 0 Å². The number of carbonyl (C=O) groups is 3. The van der Waals surface area contributed by atoms with Gasteiger partial charge in [-0.05, 0) is 42.7 Å². The SMILES string of the molecule is CCCCc1ccc(NC(=O)Nc2nc(-c3ccc(C(=O)O)o3)[nH]c2C(N)=O)cc1. The highest BCUT2D eigenvalue weighted by molar-refractivity contribution is 6.04. The summed E-state index contributed by atoms with van der Waals surface area (Å²) in [7, 11) is 0. The summed E-state index contributed by atoms with van der Waals surface area (Å²) in [5, 5.41) is 14.1. The second-order valence-electron chi connectivity index (χ2n) is 6.52. The van der Waals surface area contributed by atoms with Crippen LogP contribution < -0.4 is 16.4 Å². The number of carboxylic acids is 1. The molecule has 2 heterocycles. The fourth-order valence-corrected chi connectivity index (χ4v) is 2.74. The third-order valence-electron chi connectivity index (χ3n) is 4.26.